The van der Waals surface area contributed by atoms with Crippen molar-refractivity contribution in [1.82, 2.24) is 5.32 Å². The average molecular weight is 244 g/mol. The van der Waals surface area contributed by atoms with E-state index in [2.05, 4.69) is 5.32 Å². The summed E-state index contributed by atoms with van der Waals surface area (Å²) in [6.07, 6.45) is 1.46. The van der Waals surface area contributed by atoms with Crippen LogP contribution in [0.25, 0.3) is 0 Å². The fraction of sp³-hybridized carbons (Fsp3) is 0.500. The van der Waals surface area contributed by atoms with Crippen molar-refractivity contribution in [2.24, 2.45) is 0 Å². The van der Waals surface area contributed by atoms with Crippen LogP contribution in [0.3, 0.4) is 0 Å². The van der Waals surface area contributed by atoms with Gasteiger partial charge in [-0.2, -0.15) is 0 Å². The predicted octanol–water partition coefficient (Wildman–Crippen LogP) is 2.00. The maximum Gasteiger partial charge on any atom is 0.124 e. The Hall–Kier alpha value is -0.770. The molecule has 1 aromatic carbocycles. The highest BCUT2D eigenvalue weighted by Gasteiger charge is 2.15. The summed E-state index contributed by atoms with van der Waals surface area (Å²) < 4.78 is 11.1. The summed E-state index contributed by atoms with van der Waals surface area (Å²) in [5, 5.41) is 3.28. The first kappa shape index (κ1) is 13.3. The average Bonchev–Trinajstić information content (AvgIpc) is 2.79. The van der Waals surface area contributed by atoms with Crippen LogP contribution in [0.4, 0.5) is 0 Å². The maximum atomic E-state index is 5.79. The quantitative estimate of drug-likeness (QED) is 0.878. The summed E-state index contributed by atoms with van der Waals surface area (Å²) in [6, 6.07) is 7.99. The molecule has 1 fully saturated rings. The Balaban J connectivity index is 0.00000128. The summed E-state index contributed by atoms with van der Waals surface area (Å²) >= 11 is 0. The van der Waals surface area contributed by atoms with Crippen molar-refractivity contribution in [3.63, 3.8) is 0 Å². The van der Waals surface area contributed by atoms with E-state index >= 15 is 0 Å². The lowest BCUT2D eigenvalue weighted by Crippen LogP contribution is -2.16. The molecule has 1 aliphatic heterocycles. The molecule has 0 spiro atoms. The van der Waals surface area contributed by atoms with Crippen molar-refractivity contribution in [3.05, 3.63) is 29.8 Å². The Bertz CT molecular complexity index is 314. The van der Waals surface area contributed by atoms with Crippen molar-refractivity contribution in [1.29, 1.82) is 0 Å². The molecular formula is C12H18ClNO2. The second-order valence-corrected chi connectivity index (χ2v) is 3.74. The molecule has 2 rings (SSSR count). The zero-order chi connectivity index (χ0) is 10.5. The van der Waals surface area contributed by atoms with Gasteiger partial charge in [0.1, 0.15) is 5.75 Å². The van der Waals surface area contributed by atoms with E-state index in [0.717, 1.165) is 30.8 Å². The van der Waals surface area contributed by atoms with Crippen LogP contribution in [0.1, 0.15) is 12.0 Å². The van der Waals surface area contributed by atoms with Gasteiger partial charge in [-0.3, -0.25) is 0 Å². The maximum absolute atomic E-state index is 5.79. The van der Waals surface area contributed by atoms with Gasteiger partial charge in [-0.1, -0.05) is 18.2 Å². The van der Waals surface area contributed by atoms with Crippen molar-refractivity contribution in [2.45, 2.75) is 19.1 Å². The van der Waals surface area contributed by atoms with Crippen LogP contribution in [0.5, 0.6) is 5.75 Å². The molecule has 0 aliphatic carbocycles. The third-order valence-electron chi connectivity index (χ3n) is 2.68. The molecule has 1 heterocycles. The highest BCUT2D eigenvalue weighted by molar-refractivity contribution is 5.85. The highest BCUT2D eigenvalue weighted by atomic mass is 35.5. The molecule has 0 radical (unpaired) electrons. The highest BCUT2D eigenvalue weighted by Crippen LogP contribution is 2.19. The van der Waals surface area contributed by atoms with Crippen LogP contribution >= 0.6 is 12.4 Å². The molecule has 0 amide bonds. The lowest BCUT2D eigenvalue weighted by molar-refractivity contribution is 0.0531. The van der Waals surface area contributed by atoms with Gasteiger partial charge >= 0.3 is 0 Å². The molecule has 4 heteroatoms. The van der Waals surface area contributed by atoms with E-state index in [1.807, 2.05) is 24.3 Å². The van der Waals surface area contributed by atoms with E-state index in [9.17, 15) is 0 Å². The van der Waals surface area contributed by atoms with E-state index in [-0.39, 0.29) is 12.4 Å². The lowest BCUT2D eigenvalue weighted by Gasteiger charge is -2.12. The van der Waals surface area contributed by atoms with Crippen LogP contribution in [-0.4, -0.2) is 26.3 Å². The number of hydrogen-bond acceptors (Lipinski definition) is 3. The van der Waals surface area contributed by atoms with E-state index in [4.69, 9.17) is 9.47 Å². The molecule has 0 aromatic heterocycles. The fourth-order valence-corrected chi connectivity index (χ4v) is 1.80. The molecule has 1 atom stereocenters. The molecule has 1 N–H and O–H groups in total. The number of ether oxygens (including phenoxy) is 2. The SMILES string of the molecule is COc1ccccc1CO[C@@H]1CCNC1.Cl. The third kappa shape index (κ3) is 3.37. The van der Waals surface area contributed by atoms with Crippen LogP contribution < -0.4 is 10.1 Å². The van der Waals surface area contributed by atoms with Gasteiger partial charge in [0.15, 0.2) is 0 Å². The number of benzene rings is 1. The van der Waals surface area contributed by atoms with E-state index in [0.29, 0.717) is 12.7 Å². The Morgan fingerprint density at radius 2 is 2.19 bits per heavy atom. The lowest BCUT2D eigenvalue weighted by atomic mass is 10.2. The van der Waals surface area contributed by atoms with Gasteiger partial charge in [-0.05, 0) is 19.0 Å². The van der Waals surface area contributed by atoms with Crippen LogP contribution in [0.2, 0.25) is 0 Å². The van der Waals surface area contributed by atoms with Crippen molar-refractivity contribution < 1.29 is 9.47 Å². The van der Waals surface area contributed by atoms with Crippen molar-refractivity contribution in [2.75, 3.05) is 20.2 Å². The van der Waals surface area contributed by atoms with Gasteiger partial charge in [-0.15, -0.1) is 12.4 Å². The van der Waals surface area contributed by atoms with Crippen molar-refractivity contribution >= 4 is 12.4 Å². The first-order valence-electron chi connectivity index (χ1n) is 5.34. The fourth-order valence-electron chi connectivity index (χ4n) is 1.80. The number of rotatable bonds is 4. The molecule has 1 aromatic rings. The Labute approximate surface area is 103 Å². The number of hydrogen-bond donors (Lipinski definition) is 1. The summed E-state index contributed by atoms with van der Waals surface area (Å²) in [5.74, 6) is 0.906. The number of nitrogens with one attached hydrogen (secondary N) is 1. The third-order valence-corrected chi connectivity index (χ3v) is 2.68. The zero-order valence-corrected chi connectivity index (χ0v) is 10.3. The van der Waals surface area contributed by atoms with E-state index in [1.165, 1.54) is 0 Å². The van der Waals surface area contributed by atoms with Gasteiger partial charge < -0.3 is 14.8 Å². The molecule has 0 bridgehead atoms. The summed E-state index contributed by atoms with van der Waals surface area (Å²) in [7, 11) is 1.69. The molecule has 3 nitrogen and oxygen atoms in total. The standard InChI is InChI=1S/C12H17NO2.ClH/c1-14-12-5-3-2-4-10(12)9-15-11-6-7-13-8-11;/h2-5,11,13H,6-9H2,1H3;1H/t11-;/m1./s1. The minimum absolute atomic E-state index is 0. The normalized spacial score (nSPS) is 19.2. The molecular weight excluding hydrogens is 226 g/mol. The molecule has 16 heavy (non-hydrogen) atoms. The summed E-state index contributed by atoms with van der Waals surface area (Å²) in [4.78, 5) is 0. The van der Waals surface area contributed by atoms with Gasteiger partial charge in [-0.25, -0.2) is 0 Å². The predicted molar refractivity (Wildman–Crippen MR) is 66.3 cm³/mol. The minimum atomic E-state index is 0. The first-order valence-corrected chi connectivity index (χ1v) is 5.34. The van der Waals surface area contributed by atoms with Crippen LogP contribution in [0.15, 0.2) is 24.3 Å². The van der Waals surface area contributed by atoms with E-state index < -0.39 is 0 Å². The topological polar surface area (TPSA) is 30.5 Å². The molecule has 90 valence electrons. The molecule has 1 aliphatic rings. The number of halogens is 1. The second-order valence-electron chi connectivity index (χ2n) is 3.74. The Morgan fingerprint density at radius 3 is 2.88 bits per heavy atom. The first-order chi connectivity index (χ1) is 7.40. The van der Waals surface area contributed by atoms with Gasteiger partial charge in [0, 0.05) is 12.1 Å². The Morgan fingerprint density at radius 1 is 1.38 bits per heavy atom. The molecule has 0 saturated carbocycles. The smallest absolute Gasteiger partial charge is 0.124 e. The van der Waals surface area contributed by atoms with Gasteiger partial charge in [0.05, 0.1) is 19.8 Å². The van der Waals surface area contributed by atoms with Crippen LogP contribution in [-0.2, 0) is 11.3 Å². The molecule has 1 saturated heterocycles. The van der Waals surface area contributed by atoms with Crippen LogP contribution in [0, 0.1) is 0 Å². The Kier molecular flexibility index (Phi) is 5.60. The van der Waals surface area contributed by atoms with Crippen molar-refractivity contribution in [3.8, 4) is 5.75 Å². The number of methoxy groups -OCH3 is 1. The minimum Gasteiger partial charge on any atom is -0.496 e. The van der Waals surface area contributed by atoms with Gasteiger partial charge in [0.25, 0.3) is 0 Å². The van der Waals surface area contributed by atoms with E-state index in [1.54, 1.807) is 7.11 Å². The van der Waals surface area contributed by atoms with Gasteiger partial charge in [0.2, 0.25) is 0 Å². The second kappa shape index (κ2) is 6.74. The monoisotopic (exact) mass is 243 g/mol. The zero-order valence-electron chi connectivity index (χ0n) is 9.44. The largest absolute Gasteiger partial charge is 0.496 e. The summed E-state index contributed by atoms with van der Waals surface area (Å²) in [6.45, 7) is 2.67. The summed E-state index contributed by atoms with van der Waals surface area (Å²) in [5.41, 5.74) is 1.12. The molecule has 0 unspecified atom stereocenters. The number of para-hydroxylation sites is 1.